The number of nitrogens with zero attached hydrogens (tertiary/aromatic N) is 4. The van der Waals surface area contributed by atoms with Gasteiger partial charge in [0.15, 0.2) is 5.65 Å². The average Bonchev–Trinajstić information content (AvgIpc) is 3.16. The molecule has 0 spiro atoms. The molecule has 0 radical (unpaired) electrons. The Balaban J connectivity index is 2.03. The van der Waals surface area contributed by atoms with Crippen LogP contribution in [-0.4, -0.2) is 26.3 Å². The molecule has 5 nitrogen and oxygen atoms in total. The van der Waals surface area contributed by atoms with Gasteiger partial charge in [0.05, 0.1) is 17.6 Å². The first-order chi connectivity index (χ1) is 9.20. The number of anilines is 1. The van der Waals surface area contributed by atoms with Crippen molar-refractivity contribution in [3.8, 4) is 0 Å². The molecule has 0 amide bonds. The molecule has 19 heavy (non-hydrogen) atoms. The van der Waals surface area contributed by atoms with Crippen LogP contribution in [0.5, 0.6) is 0 Å². The zero-order valence-corrected chi connectivity index (χ0v) is 11.8. The Hall–Kier alpha value is -1.65. The maximum absolute atomic E-state index is 4.58. The van der Waals surface area contributed by atoms with Gasteiger partial charge < -0.3 is 5.32 Å². The quantitative estimate of drug-likeness (QED) is 0.897. The van der Waals surface area contributed by atoms with Crippen LogP contribution in [0.3, 0.4) is 0 Å². The highest BCUT2D eigenvalue weighted by Crippen LogP contribution is 2.40. The van der Waals surface area contributed by atoms with Crippen molar-refractivity contribution in [2.75, 3.05) is 11.9 Å². The molecule has 1 atom stereocenters. The summed E-state index contributed by atoms with van der Waals surface area (Å²) in [5.41, 5.74) is 0.963. The van der Waals surface area contributed by atoms with E-state index in [9.17, 15) is 0 Å². The van der Waals surface area contributed by atoms with E-state index in [1.54, 1.807) is 0 Å². The van der Waals surface area contributed by atoms with Crippen molar-refractivity contribution in [3.05, 3.63) is 12.0 Å². The van der Waals surface area contributed by atoms with Gasteiger partial charge in [-0.1, -0.05) is 6.92 Å². The number of nitrogens with one attached hydrogen (secondary N) is 1. The maximum atomic E-state index is 4.58. The Morgan fingerprint density at radius 2 is 2.21 bits per heavy atom. The second-order valence-electron chi connectivity index (χ2n) is 5.45. The van der Waals surface area contributed by atoms with Crippen LogP contribution >= 0.6 is 0 Å². The number of fused-ring (bicyclic) bond motifs is 1. The zero-order chi connectivity index (χ0) is 13.4. The predicted octanol–water partition coefficient (Wildman–Crippen LogP) is 2.93. The highest BCUT2D eigenvalue weighted by atomic mass is 15.3. The van der Waals surface area contributed by atoms with Gasteiger partial charge in [-0.2, -0.15) is 5.10 Å². The zero-order valence-electron chi connectivity index (χ0n) is 11.8. The molecule has 102 valence electrons. The number of hydrogen-bond acceptors (Lipinski definition) is 4. The van der Waals surface area contributed by atoms with Crippen LogP contribution in [0.15, 0.2) is 6.20 Å². The van der Waals surface area contributed by atoms with Gasteiger partial charge in [-0.3, -0.25) is 0 Å². The molecule has 1 aliphatic rings. The molecule has 1 fully saturated rings. The van der Waals surface area contributed by atoms with Gasteiger partial charge >= 0.3 is 0 Å². The van der Waals surface area contributed by atoms with Crippen molar-refractivity contribution in [1.82, 2.24) is 19.7 Å². The summed E-state index contributed by atoms with van der Waals surface area (Å²) in [6.07, 6.45) is 5.60. The van der Waals surface area contributed by atoms with Crippen molar-refractivity contribution in [2.24, 2.45) is 5.92 Å². The van der Waals surface area contributed by atoms with Crippen LogP contribution in [-0.2, 0) is 0 Å². The molecule has 1 unspecified atom stereocenters. The molecular weight excluding hydrogens is 238 g/mol. The van der Waals surface area contributed by atoms with Gasteiger partial charge in [-0.05, 0) is 39.0 Å². The van der Waals surface area contributed by atoms with E-state index in [-0.39, 0.29) is 0 Å². The van der Waals surface area contributed by atoms with E-state index in [2.05, 4.69) is 38.9 Å². The summed E-state index contributed by atoms with van der Waals surface area (Å²) in [4.78, 5) is 9.08. The van der Waals surface area contributed by atoms with Crippen LogP contribution in [0.1, 0.15) is 45.0 Å². The van der Waals surface area contributed by atoms with E-state index in [1.807, 2.05) is 13.1 Å². The summed E-state index contributed by atoms with van der Waals surface area (Å²) in [5.74, 6) is 2.49. The second kappa shape index (κ2) is 4.79. The fraction of sp³-hybridized carbons (Fsp3) is 0.643. The first-order valence-corrected chi connectivity index (χ1v) is 7.16. The van der Waals surface area contributed by atoms with E-state index >= 15 is 0 Å². The lowest BCUT2D eigenvalue weighted by Gasteiger charge is -2.12. The second-order valence-corrected chi connectivity index (χ2v) is 5.45. The third-order valence-electron chi connectivity index (χ3n) is 3.80. The summed E-state index contributed by atoms with van der Waals surface area (Å²) < 4.78 is 2.07. The Bertz CT molecular complexity index is 585. The highest BCUT2D eigenvalue weighted by Gasteiger charge is 2.31. The molecule has 0 aromatic carbocycles. The molecule has 3 rings (SSSR count). The summed E-state index contributed by atoms with van der Waals surface area (Å²) in [7, 11) is 0. The molecule has 5 heteroatoms. The average molecular weight is 259 g/mol. The van der Waals surface area contributed by atoms with Crippen LogP contribution in [0.2, 0.25) is 0 Å². The highest BCUT2D eigenvalue weighted by molar-refractivity contribution is 5.86. The standard InChI is InChI=1S/C14H21N5/c1-4-7-15-13-12-8-16-19(9(2)11-5-6-11)14(12)18-10(3)17-13/h8-9,11H,4-7H2,1-3H3,(H,15,17,18). The normalized spacial score (nSPS) is 16.8. The minimum Gasteiger partial charge on any atom is -0.369 e. The van der Waals surface area contributed by atoms with E-state index in [4.69, 9.17) is 0 Å². The summed E-state index contributed by atoms with van der Waals surface area (Å²) in [5, 5.41) is 8.95. The third kappa shape index (κ3) is 2.29. The molecular formula is C14H21N5. The molecule has 0 bridgehead atoms. The molecule has 2 aromatic heterocycles. The lowest BCUT2D eigenvalue weighted by Crippen LogP contribution is -2.10. The number of aryl methyl sites for hydroxylation is 1. The summed E-state index contributed by atoms with van der Waals surface area (Å²) >= 11 is 0. The largest absolute Gasteiger partial charge is 0.369 e. The van der Waals surface area contributed by atoms with Gasteiger partial charge in [-0.25, -0.2) is 14.6 Å². The molecule has 1 N–H and O–H groups in total. The molecule has 0 aliphatic heterocycles. The molecule has 1 aliphatic carbocycles. The Kier molecular flexibility index (Phi) is 3.12. The first-order valence-electron chi connectivity index (χ1n) is 7.16. The molecule has 2 heterocycles. The van der Waals surface area contributed by atoms with E-state index < -0.39 is 0 Å². The monoisotopic (exact) mass is 259 g/mol. The SMILES string of the molecule is CCCNc1nc(C)nc2c1cnn2C(C)C1CC1. The number of hydrogen-bond donors (Lipinski definition) is 1. The van der Waals surface area contributed by atoms with Crippen LogP contribution < -0.4 is 5.32 Å². The number of rotatable bonds is 5. The minimum absolute atomic E-state index is 0.436. The van der Waals surface area contributed by atoms with E-state index in [0.29, 0.717) is 6.04 Å². The van der Waals surface area contributed by atoms with Gasteiger partial charge in [0.25, 0.3) is 0 Å². The lowest BCUT2D eigenvalue weighted by molar-refractivity contribution is 0.450. The van der Waals surface area contributed by atoms with Gasteiger partial charge in [0.2, 0.25) is 0 Å². The van der Waals surface area contributed by atoms with Crippen molar-refractivity contribution >= 4 is 16.9 Å². The van der Waals surface area contributed by atoms with Crippen molar-refractivity contribution in [2.45, 2.75) is 46.1 Å². The van der Waals surface area contributed by atoms with Gasteiger partial charge in [0, 0.05) is 6.54 Å². The summed E-state index contributed by atoms with van der Waals surface area (Å²) in [6.45, 7) is 7.25. The fourth-order valence-corrected chi connectivity index (χ4v) is 2.49. The topological polar surface area (TPSA) is 55.6 Å². The van der Waals surface area contributed by atoms with Gasteiger partial charge in [-0.15, -0.1) is 0 Å². The maximum Gasteiger partial charge on any atom is 0.163 e. The lowest BCUT2D eigenvalue weighted by atomic mass is 10.2. The molecule has 0 saturated heterocycles. The van der Waals surface area contributed by atoms with Crippen LogP contribution in [0.4, 0.5) is 5.82 Å². The number of aromatic nitrogens is 4. The van der Waals surface area contributed by atoms with Gasteiger partial charge in [0.1, 0.15) is 11.6 Å². The Labute approximate surface area is 113 Å². The predicted molar refractivity (Wildman–Crippen MR) is 76.3 cm³/mol. The van der Waals surface area contributed by atoms with E-state index in [1.165, 1.54) is 12.8 Å². The first kappa shape index (κ1) is 12.4. The minimum atomic E-state index is 0.436. The van der Waals surface area contributed by atoms with Crippen molar-refractivity contribution in [1.29, 1.82) is 0 Å². The van der Waals surface area contributed by atoms with Crippen LogP contribution in [0.25, 0.3) is 11.0 Å². The van der Waals surface area contributed by atoms with Crippen molar-refractivity contribution in [3.63, 3.8) is 0 Å². The summed E-state index contributed by atoms with van der Waals surface area (Å²) in [6, 6.07) is 0.436. The molecule has 1 saturated carbocycles. The third-order valence-corrected chi connectivity index (χ3v) is 3.80. The van der Waals surface area contributed by atoms with Crippen LogP contribution in [0, 0.1) is 12.8 Å². The smallest absolute Gasteiger partial charge is 0.163 e. The van der Waals surface area contributed by atoms with Crippen molar-refractivity contribution < 1.29 is 0 Å². The fourth-order valence-electron chi connectivity index (χ4n) is 2.49. The Morgan fingerprint density at radius 3 is 2.89 bits per heavy atom. The van der Waals surface area contributed by atoms with E-state index in [0.717, 1.165) is 41.6 Å². The molecule has 2 aromatic rings. The Morgan fingerprint density at radius 1 is 1.42 bits per heavy atom.